The Balaban J connectivity index is 1.27. The van der Waals surface area contributed by atoms with E-state index in [1.54, 1.807) is 0 Å². The molecule has 0 atom stereocenters. The molecule has 0 unspecified atom stereocenters. The molecule has 0 amide bonds. The summed E-state index contributed by atoms with van der Waals surface area (Å²) in [5.74, 6) is 0. The number of benzene rings is 9. The summed E-state index contributed by atoms with van der Waals surface area (Å²) in [6.07, 6.45) is 0. The van der Waals surface area contributed by atoms with Crippen LogP contribution in [0.3, 0.4) is 0 Å². The average Bonchev–Trinajstić information content (AvgIpc) is 3.56. The summed E-state index contributed by atoms with van der Waals surface area (Å²) in [7, 11) is 0. The first-order valence-electron chi connectivity index (χ1n) is 18.7. The largest absolute Gasteiger partial charge is 0.310 e. The van der Waals surface area contributed by atoms with Crippen LogP contribution in [0, 0.1) is 0 Å². The molecule has 10 rings (SSSR count). The standard InChI is InChI=1S/C53H37N/c1-5-17-38(18-6-1)40-29-33-44(34-30-40)54(45-35-31-41(32-36-45)39-19-7-2-8-20-39)51-37-50-52(47-26-14-13-25-46(47)51)48-27-15-16-28-49(48)53(50,42-21-9-3-10-22-42)43-23-11-4-12-24-43/h1-37H. The minimum atomic E-state index is -0.521. The van der Waals surface area contributed by atoms with Gasteiger partial charge in [-0.15, -0.1) is 0 Å². The lowest BCUT2D eigenvalue weighted by Crippen LogP contribution is -2.28. The minimum absolute atomic E-state index is 0.521. The summed E-state index contributed by atoms with van der Waals surface area (Å²) in [4.78, 5) is 2.45. The van der Waals surface area contributed by atoms with Gasteiger partial charge in [-0.1, -0.05) is 194 Å². The SMILES string of the molecule is c1ccc(-c2ccc(N(c3ccc(-c4ccccc4)cc3)c3cc4c(c5ccccc35)-c3ccccc3C4(c3ccccc3)c3ccccc3)cc2)cc1. The smallest absolute Gasteiger partial charge is 0.0714 e. The first-order chi connectivity index (χ1) is 26.8. The van der Waals surface area contributed by atoms with Gasteiger partial charge in [-0.05, 0) is 91.4 Å². The second-order valence-electron chi connectivity index (χ2n) is 14.1. The van der Waals surface area contributed by atoms with Crippen LogP contribution in [-0.4, -0.2) is 0 Å². The van der Waals surface area contributed by atoms with Gasteiger partial charge in [0.25, 0.3) is 0 Å². The van der Waals surface area contributed by atoms with Gasteiger partial charge >= 0.3 is 0 Å². The monoisotopic (exact) mass is 687 g/mol. The fraction of sp³-hybridized carbons (Fsp3) is 0.0189. The molecule has 0 bridgehead atoms. The Labute approximate surface area is 317 Å². The third kappa shape index (κ3) is 5.09. The van der Waals surface area contributed by atoms with Crippen molar-refractivity contribution < 1.29 is 0 Å². The lowest BCUT2D eigenvalue weighted by atomic mass is 9.67. The zero-order valence-electron chi connectivity index (χ0n) is 29.8. The lowest BCUT2D eigenvalue weighted by Gasteiger charge is -2.35. The molecule has 9 aromatic carbocycles. The molecule has 0 fully saturated rings. The van der Waals surface area contributed by atoms with Crippen LogP contribution in [0.1, 0.15) is 22.3 Å². The van der Waals surface area contributed by atoms with Gasteiger partial charge in [0.2, 0.25) is 0 Å². The Bertz CT molecular complexity index is 2600. The van der Waals surface area contributed by atoms with Crippen molar-refractivity contribution in [1.29, 1.82) is 0 Å². The van der Waals surface area contributed by atoms with E-state index in [1.807, 2.05) is 0 Å². The maximum atomic E-state index is 2.49. The van der Waals surface area contributed by atoms with Gasteiger partial charge in [0.05, 0.1) is 11.1 Å². The van der Waals surface area contributed by atoms with Crippen molar-refractivity contribution in [1.82, 2.24) is 0 Å². The summed E-state index contributed by atoms with van der Waals surface area (Å²) >= 11 is 0. The van der Waals surface area contributed by atoms with E-state index in [4.69, 9.17) is 0 Å². The number of rotatable bonds is 7. The molecule has 54 heavy (non-hydrogen) atoms. The van der Waals surface area contributed by atoms with E-state index in [0.717, 1.165) is 17.1 Å². The Hall–Kier alpha value is -6.96. The third-order valence-electron chi connectivity index (χ3n) is 11.1. The normalized spacial score (nSPS) is 12.6. The van der Waals surface area contributed by atoms with E-state index < -0.39 is 5.41 Å². The van der Waals surface area contributed by atoms with E-state index in [-0.39, 0.29) is 0 Å². The van der Waals surface area contributed by atoms with Gasteiger partial charge in [0, 0.05) is 16.8 Å². The van der Waals surface area contributed by atoms with Crippen LogP contribution in [0.5, 0.6) is 0 Å². The molecule has 254 valence electrons. The summed E-state index contributed by atoms with van der Waals surface area (Å²) < 4.78 is 0. The Kier molecular flexibility index (Phi) is 7.78. The Morgan fingerprint density at radius 2 is 0.722 bits per heavy atom. The van der Waals surface area contributed by atoms with Crippen molar-refractivity contribution in [2.75, 3.05) is 4.90 Å². The fourth-order valence-corrected chi connectivity index (χ4v) is 8.76. The molecule has 0 aromatic heterocycles. The van der Waals surface area contributed by atoms with E-state index in [9.17, 15) is 0 Å². The summed E-state index contributed by atoms with van der Waals surface area (Å²) in [6.45, 7) is 0. The first kappa shape index (κ1) is 31.7. The molecular formula is C53H37N. The molecule has 0 saturated heterocycles. The highest BCUT2D eigenvalue weighted by atomic mass is 15.1. The summed E-state index contributed by atoms with van der Waals surface area (Å²) in [5.41, 5.74) is 15.3. The molecule has 0 radical (unpaired) electrons. The molecule has 0 spiro atoms. The maximum Gasteiger partial charge on any atom is 0.0714 e. The second-order valence-corrected chi connectivity index (χ2v) is 14.1. The highest BCUT2D eigenvalue weighted by molar-refractivity contribution is 6.11. The number of fused-ring (bicyclic) bond motifs is 5. The van der Waals surface area contributed by atoms with E-state index in [2.05, 4.69) is 229 Å². The van der Waals surface area contributed by atoms with E-state index >= 15 is 0 Å². The van der Waals surface area contributed by atoms with Crippen LogP contribution >= 0.6 is 0 Å². The lowest BCUT2D eigenvalue weighted by molar-refractivity contribution is 0.769. The van der Waals surface area contributed by atoms with Crippen LogP contribution in [0.15, 0.2) is 224 Å². The number of anilines is 3. The van der Waals surface area contributed by atoms with Crippen molar-refractivity contribution in [3.63, 3.8) is 0 Å². The molecule has 0 N–H and O–H groups in total. The van der Waals surface area contributed by atoms with Gasteiger partial charge in [-0.2, -0.15) is 0 Å². The molecule has 0 aliphatic heterocycles. The second kappa shape index (κ2) is 13.2. The summed E-state index contributed by atoms with van der Waals surface area (Å²) in [5, 5.41) is 2.46. The topological polar surface area (TPSA) is 3.24 Å². The van der Waals surface area contributed by atoms with Crippen molar-refractivity contribution >= 4 is 27.8 Å². The number of hydrogen-bond acceptors (Lipinski definition) is 1. The predicted molar refractivity (Wildman–Crippen MR) is 227 cm³/mol. The predicted octanol–water partition coefficient (Wildman–Crippen LogP) is 14.0. The maximum absolute atomic E-state index is 2.49. The van der Waals surface area contributed by atoms with Crippen LogP contribution in [0.2, 0.25) is 0 Å². The van der Waals surface area contributed by atoms with Gasteiger partial charge < -0.3 is 4.90 Å². The molecular weight excluding hydrogens is 651 g/mol. The summed E-state index contributed by atoms with van der Waals surface area (Å²) in [6, 6.07) is 82.0. The Morgan fingerprint density at radius 1 is 0.315 bits per heavy atom. The van der Waals surface area contributed by atoms with Crippen molar-refractivity contribution in [2.24, 2.45) is 0 Å². The van der Waals surface area contributed by atoms with Crippen LogP contribution in [0.4, 0.5) is 17.1 Å². The van der Waals surface area contributed by atoms with E-state index in [0.29, 0.717) is 0 Å². The first-order valence-corrected chi connectivity index (χ1v) is 18.7. The van der Waals surface area contributed by atoms with E-state index in [1.165, 1.54) is 66.4 Å². The Morgan fingerprint density at radius 3 is 1.24 bits per heavy atom. The molecule has 1 nitrogen and oxygen atoms in total. The van der Waals surface area contributed by atoms with Crippen molar-refractivity contribution in [3.8, 4) is 33.4 Å². The van der Waals surface area contributed by atoms with Crippen LogP contribution < -0.4 is 4.90 Å². The molecule has 0 heterocycles. The quantitative estimate of drug-likeness (QED) is 0.161. The zero-order chi connectivity index (χ0) is 35.9. The molecule has 9 aromatic rings. The highest BCUT2D eigenvalue weighted by Crippen LogP contribution is 2.59. The zero-order valence-corrected chi connectivity index (χ0v) is 29.8. The van der Waals surface area contributed by atoms with Gasteiger partial charge in [-0.3, -0.25) is 0 Å². The molecule has 1 aliphatic rings. The third-order valence-corrected chi connectivity index (χ3v) is 11.1. The van der Waals surface area contributed by atoms with Crippen molar-refractivity contribution in [3.05, 3.63) is 247 Å². The average molecular weight is 688 g/mol. The van der Waals surface area contributed by atoms with Crippen LogP contribution in [0.25, 0.3) is 44.2 Å². The molecule has 0 saturated carbocycles. The van der Waals surface area contributed by atoms with Crippen LogP contribution in [-0.2, 0) is 5.41 Å². The molecule has 1 aliphatic carbocycles. The van der Waals surface area contributed by atoms with Gasteiger partial charge in [0.1, 0.15) is 0 Å². The van der Waals surface area contributed by atoms with Crippen molar-refractivity contribution in [2.45, 2.75) is 5.41 Å². The van der Waals surface area contributed by atoms with Gasteiger partial charge in [0.15, 0.2) is 0 Å². The van der Waals surface area contributed by atoms with Gasteiger partial charge in [-0.25, -0.2) is 0 Å². The fourth-order valence-electron chi connectivity index (χ4n) is 8.76. The minimum Gasteiger partial charge on any atom is -0.310 e. The number of nitrogens with zero attached hydrogens (tertiary/aromatic N) is 1. The number of hydrogen-bond donors (Lipinski definition) is 0. The highest BCUT2D eigenvalue weighted by Gasteiger charge is 2.47. The molecule has 1 heteroatoms.